The van der Waals surface area contributed by atoms with Gasteiger partial charge in [-0.3, -0.25) is 0 Å². The van der Waals surface area contributed by atoms with Gasteiger partial charge in [0.15, 0.2) is 0 Å². The van der Waals surface area contributed by atoms with Crippen LogP contribution in [0.15, 0.2) is 28.7 Å². The second kappa shape index (κ2) is 5.11. The van der Waals surface area contributed by atoms with E-state index < -0.39 is 0 Å². The summed E-state index contributed by atoms with van der Waals surface area (Å²) in [5.74, 6) is 1.40. The van der Waals surface area contributed by atoms with Gasteiger partial charge >= 0.3 is 0 Å². The zero-order chi connectivity index (χ0) is 12.5. The molecule has 0 saturated heterocycles. The summed E-state index contributed by atoms with van der Waals surface area (Å²) in [5.41, 5.74) is 8.00. The monoisotopic (exact) mass is 295 g/mol. The Hall–Kier alpha value is -0.340. The van der Waals surface area contributed by atoms with Crippen LogP contribution in [0.2, 0.25) is 0 Å². The minimum absolute atomic E-state index is 0.00844. The number of benzene rings is 1. The molecule has 0 amide bonds. The van der Waals surface area contributed by atoms with Crippen LogP contribution in [-0.2, 0) is 6.42 Å². The van der Waals surface area contributed by atoms with Crippen molar-refractivity contribution in [3.8, 4) is 0 Å². The first-order valence-electron chi connectivity index (χ1n) is 6.53. The molecule has 0 radical (unpaired) electrons. The summed E-state index contributed by atoms with van der Waals surface area (Å²) < 4.78 is 1.14. The van der Waals surface area contributed by atoms with Gasteiger partial charge in [0.05, 0.1) is 0 Å². The van der Waals surface area contributed by atoms with Crippen LogP contribution in [0.4, 0.5) is 0 Å². The van der Waals surface area contributed by atoms with Gasteiger partial charge in [-0.05, 0) is 48.8 Å². The van der Waals surface area contributed by atoms with Crippen molar-refractivity contribution in [2.75, 3.05) is 0 Å². The smallest absolute Gasteiger partial charge is 0.0223 e. The molecule has 1 aliphatic carbocycles. The number of nitrogens with two attached hydrogens (primary N) is 1. The van der Waals surface area contributed by atoms with Crippen LogP contribution in [0, 0.1) is 11.8 Å². The lowest BCUT2D eigenvalue weighted by molar-refractivity contribution is 0.161. The van der Waals surface area contributed by atoms with E-state index >= 15 is 0 Å². The van der Waals surface area contributed by atoms with Crippen molar-refractivity contribution in [3.63, 3.8) is 0 Å². The molecule has 0 aliphatic heterocycles. The molecule has 1 fully saturated rings. The molecule has 1 nitrogen and oxygen atoms in total. The minimum Gasteiger partial charge on any atom is -0.325 e. The van der Waals surface area contributed by atoms with Crippen LogP contribution in [-0.4, -0.2) is 5.54 Å². The number of hydrogen-bond donors (Lipinski definition) is 1. The van der Waals surface area contributed by atoms with Crippen LogP contribution >= 0.6 is 15.9 Å². The summed E-state index contributed by atoms with van der Waals surface area (Å²) >= 11 is 3.47. The average molecular weight is 296 g/mol. The lowest BCUT2D eigenvalue weighted by atomic mass is 9.68. The maximum Gasteiger partial charge on any atom is 0.0223 e. The highest BCUT2D eigenvalue weighted by Gasteiger charge is 2.36. The predicted molar refractivity (Wildman–Crippen MR) is 76.9 cm³/mol. The summed E-state index contributed by atoms with van der Waals surface area (Å²) in [7, 11) is 0. The fraction of sp³-hybridized carbons (Fsp3) is 0.600. The van der Waals surface area contributed by atoms with Crippen molar-refractivity contribution < 1.29 is 0 Å². The predicted octanol–water partition coefficient (Wildman–Crippen LogP) is 4.15. The molecule has 94 valence electrons. The molecule has 3 atom stereocenters. The van der Waals surface area contributed by atoms with Crippen LogP contribution in [0.1, 0.15) is 38.7 Å². The van der Waals surface area contributed by atoms with Crippen molar-refractivity contribution in [3.05, 3.63) is 34.3 Å². The Balaban J connectivity index is 2.12. The molecule has 1 saturated carbocycles. The molecule has 0 aromatic heterocycles. The SMILES string of the molecule is CC1CCC(C)C(N)(Cc2ccc(Br)cc2)C1. The first kappa shape index (κ1) is 13.1. The Kier molecular flexibility index (Phi) is 3.94. The normalized spacial score (nSPS) is 33.6. The molecule has 0 spiro atoms. The van der Waals surface area contributed by atoms with Crippen molar-refractivity contribution in [1.29, 1.82) is 0 Å². The van der Waals surface area contributed by atoms with Crippen molar-refractivity contribution >= 4 is 15.9 Å². The van der Waals surface area contributed by atoms with Gasteiger partial charge in [0.25, 0.3) is 0 Å². The maximum atomic E-state index is 6.65. The average Bonchev–Trinajstić information content (AvgIpc) is 2.27. The third kappa shape index (κ3) is 3.11. The molecule has 1 aliphatic rings. The third-order valence-electron chi connectivity index (χ3n) is 4.25. The third-order valence-corrected chi connectivity index (χ3v) is 4.78. The van der Waals surface area contributed by atoms with Crippen LogP contribution in [0.5, 0.6) is 0 Å². The van der Waals surface area contributed by atoms with E-state index in [1.807, 2.05) is 0 Å². The first-order valence-corrected chi connectivity index (χ1v) is 7.32. The molecule has 2 rings (SSSR count). The van der Waals surface area contributed by atoms with Gasteiger partial charge in [-0.15, -0.1) is 0 Å². The number of hydrogen-bond acceptors (Lipinski definition) is 1. The van der Waals surface area contributed by atoms with Crippen LogP contribution in [0.3, 0.4) is 0 Å². The lowest BCUT2D eigenvalue weighted by Gasteiger charge is -2.42. The number of rotatable bonds is 2. The van der Waals surface area contributed by atoms with E-state index in [2.05, 4.69) is 54.0 Å². The highest BCUT2D eigenvalue weighted by Crippen LogP contribution is 2.37. The van der Waals surface area contributed by atoms with Crippen molar-refractivity contribution in [1.82, 2.24) is 0 Å². The Labute approximate surface area is 113 Å². The zero-order valence-electron chi connectivity index (χ0n) is 10.7. The Morgan fingerprint density at radius 3 is 2.53 bits per heavy atom. The van der Waals surface area contributed by atoms with Crippen LogP contribution in [0.25, 0.3) is 0 Å². The summed E-state index contributed by atoms with van der Waals surface area (Å²) in [6.45, 7) is 4.64. The highest BCUT2D eigenvalue weighted by atomic mass is 79.9. The molecule has 3 unspecified atom stereocenters. The second-order valence-electron chi connectivity index (χ2n) is 5.82. The summed E-state index contributed by atoms with van der Waals surface area (Å²) in [4.78, 5) is 0. The summed E-state index contributed by atoms with van der Waals surface area (Å²) in [6, 6.07) is 8.58. The van der Waals surface area contributed by atoms with E-state index in [0.29, 0.717) is 5.92 Å². The molecule has 1 aromatic carbocycles. The van der Waals surface area contributed by atoms with Gasteiger partial charge < -0.3 is 5.73 Å². The summed E-state index contributed by atoms with van der Waals surface area (Å²) in [5, 5.41) is 0. The molecule has 2 heteroatoms. The minimum atomic E-state index is -0.00844. The Morgan fingerprint density at radius 2 is 1.88 bits per heavy atom. The van der Waals surface area contributed by atoms with E-state index in [4.69, 9.17) is 5.73 Å². The van der Waals surface area contributed by atoms with Gasteiger partial charge in [-0.2, -0.15) is 0 Å². The van der Waals surface area contributed by atoms with E-state index in [1.54, 1.807) is 0 Å². The fourth-order valence-corrected chi connectivity index (χ4v) is 3.27. The highest BCUT2D eigenvalue weighted by molar-refractivity contribution is 9.10. The Bertz CT molecular complexity index is 373. The van der Waals surface area contributed by atoms with E-state index in [9.17, 15) is 0 Å². The van der Waals surface area contributed by atoms with Gasteiger partial charge in [-0.25, -0.2) is 0 Å². The maximum absolute atomic E-state index is 6.65. The largest absolute Gasteiger partial charge is 0.325 e. The van der Waals surface area contributed by atoms with E-state index in [1.165, 1.54) is 18.4 Å². The zero-order valence-corrected chi connectivity index (χ0v) is 12.3. The molecule has 0 bridgehead atoms. The van der Waals surface area contributed by atoms with Crippen LogP contribution < -0.4 is 5.73 Å². The van der Waals surface area contributed by atoms with Crippen molar-refractivity contribution in [2.24, 2.45) is 17.6 Å². The number of halogens is 1. The molecule has 17 heavy (non-hydrogen) atoms. The molecule has 2 N–H and O–H groups in total. The lowest BCUT2D eigenvalue weighted by Crippen LogP contribution is -2.51. The summed E-state index contributed by atoms with van der Waals surface area (Å²) in [6.07, 6.45) is 4.77. The molecule has 1 aromatic rings. The van der Waals surface area contributed by atoms with Gasteiger partial charge in [-0.1, -0.05) is 48.3 Å². The quantitative estimate of drug-likeness (QED) is 0.872. The van der Waals surface area contributed by atoms with Gasteiger partial charge in [0.1, 0.15) is 0 Å². The van der Waals surface area contributed by atoms with E-state index in [-0.39, 0.29) is 5.54 Å². The first-order chi connectivity index (χ1) is 7.99. The Morgan fingerprint density at radius 1 is 1.24 bits per heavy atom. The standard InChI is InChI=1S/C15H22BrN/c1-11-3-4-12(2)15(17,9-11)10-13-5-7-14(16)8-6-13/h5-8,11-12H,3-4,9-10,17H2,1-2H3. The van der Waals surface area contributed by atoms with Gasteiger partial charge in [0.2, 0.25) is 0 Å². The molecule has 0 heterocycles. The molecular weight excluding hydrogens is 274 g/mol. The fourth-order valence-electron chi connectivity index (χ4n) is 3.00. The van der Waals surface area contributed by atoms with E-state index in [0.717, 1.165) is 23.2 Å². The van der Waals surface area contributed by atoms with Crippen molar-refractivity contribution in [2.45, 2.75) is 45.1 Å². The topological polar surface area (TPSA) is 26.0 Å². The second-order valence-corrected chi connectivity index (χ2v) is 6.74. The molecular formula is C15H22BrN. The van der Waals surface area contributed by atoms with Gasteiger partial charge in [0, 0.05) is 10.0 Å².